The first-order valence-corrected chi connectivity index (χ1v) is 5.62. The Bertz CT molecular complexity index is 493. The molecule has 0 fully saturated rings. The van der Waals surface area contributed by atoms with Gasteiger partial charge in [-0.1, -0.05) is 18.2 Å². The molecule has 0 saturated carbocycles. The van der Waals surface area contributed by atoms with Crippen molar-refractivity contribution in [3.63, 3.8) is 0 Å². The number of likely N-dealkylation sites (N-methyl/N-ethyl adjacent to an activating group) is 1. The summed E-state index contributed by atoms with van der Waals surface area (Å²) in [6, 6.07) is 8.69. The van der Waals surface area contributed by atoms with Crippen LogP contribution in [0.5, 0.6) is 0 Å². The van der Waals surface area contributed by atoms with Crippen molar-refractivity contribution < 1.29 is 4.39 Å². The Morgan fingerprint density at radius 2 is 2.12 bits per heavy atom. The second-order valence-corrected chi connectivity index (χ2v) is 4.02. The van der Waals surface area contributed by atoms with E-state index in [2.05, 4.69) is 10.4 Å². The molecule has 1 heterocycles. The molecule has 0 bridgehead atoms. The van der Waals surface area contributed by atoms with Crippen molar-refractivity contribution in [1.82, 2.24) is 15.1 Å². The fourth-order valence-electron chi connectivity index (χ4n) is 1.87. The molecule has 0 radical (unpaired) electrons. The number of hydrogen-bond donors (Lipinski definition) is 1. The first-order valence-electron chi connectivity index (χ1n) is 5.62. The molecule has 2 aromatic rings. The summed E-state index contributed by atoms with van der Waals surface area (Å²) in [6.45, 7) is 2.61. The van der Waals surface area contributed by atoms with Gasteiger partial charge in [-0.2, -0.15) is 5.10 Å². The zero-order valence-electron chi connectivity index (χ0n) is 10.0. The minimum absolute atomic E-state index is 0.0743. The second kappa shape index (κ2) is 5.10. The molecule has 1 N–H and O–H groups in total. The third-order valence-corrected chi connectivity index (χ3v) is 2.91. The highest BCUT2D eigenvalue weighted by molar-refractivity contribution is 5.21. The smallest absolute Gasteiger partial charge is 0.128 e. The van der Waals surface area contributed by atoms with Crippen molar-refractivity contribution in [1.29, 1.82) is 0 Å². The van der Waals surface area contributed by atoms with Crippen molar-refractivity contribution in [2.24, 2.45) is 0 Å². The van der Waals surface area contributed by atoms with E-state index in [4.69, 9.17) is 0 Å². The zero-order chi connectivity index (χ0) is 12.3. The normalized spacial score (nSPS) is 12.6. The largest absolute Gasteiger partial charge is 0.311 e. The fourth-order valence-corrected chi connectivity index (χ4v) is 1.87. The molecule has 0 spiro atoms. The van der Waals surface area contributed by atoms with Crippen LogP contribution in [0.25, 0.3) is 0 Å². The highest BCUT2D eigenvalue weighted by Gasteiger charge is 2.14. The molecule has 2 rings (SSSR count). The van der Waals surface area contributed by atoms with Gasteiger partial charge in [-0.3, -0.25) is 4.68 Å². The maximum absolute atomic E-state index is 13.7. The van der Waals surface area contributed by atoms with E-state index in [1.54, 1.807) is 18.3 Å². The van der Waals surface area contributed by atoms with Gasteiger partial charge in [0.05, 0.1) is 12.6 Å². The Labute approximate surface area is 100 Å². The minimum atomic E-state index is -0.184. The van der Waals surface area contributed by atoms with Gasteiger partial charge in [0.25, 0.3) is 0 Å². The standard InChI is InChI=1S/C13H16FN3/c1-10-7-8-16-17(10)9-13(15-2)11-5-3-4-6-12(11)14/h3-8,13,15H,9H2,1-2H3. The van der Waals surface area contributed by atoms with Gasteiger partial charge in [-0.25, -0.2) is 4.39 Å². The lowest BCUT2D eigenvalue weighted by atomic mass is 10.1. The molecule has 1 aromatic carbocycles. The van der Waals surface area contributed by atoms with E-state index in [1.807, 2.05) is 30.8 Å². The van der Waals surface area contributed by atoms with Crippen LogP contribution in [0.1, 0.15) is 17.3 Å². The van der Waals surface area contributed by atoms with Crippen molar-refractivity contribution in [2.45, 2.75) is 19.5 Å². The number of hydrogen-bond acceptors (Lipinski definition) is 2. The minimum Gasteiger partial charge on any atom is -0.311 e. The lowest BCUT2D eigenvalue weighted by molar-refractivity contribution is 0.444. The maximum atomic E-state index is 13.7. The quantitative estimate of drug-likeness (QED) is 0.878. The van der Waals surface area contributed by atoms with E-state index < -0.39 is 0 Å². The average molecular weight is 233 g/mol. The van der Waals surface area contributed by atoms with Crippen molar-refractivity contribution >= 4 is 0 Å². The van der Waals surface area contributed by atoms with E-state index in [-0.39, 0.29) is 11.9 Å². The molecule has 0 aliphatic rings. The predicted molar refractivity (Wildman–Crippen MR) is 65.2 cm³/mol. The molecule has 1 aromatic heterocycles. The van der Waals surface area contributed by atoms with E-state index in [9.17, 15) is 4.39 Å². The van der Waals surface area contributed by atoms with Gasteiger partial charge in [0, 0.05) is 17.5 Å². The Kier molecular flexibility index (Phi) is 3.54. The number of rotatable bonds is 4. The number of benzene rings is 1. The summed E-state index contributed by atoms with van der Waals surface area (Å²) in [5, 5.41) is 7.34. The number of nitrogens with zero attached hydrogens (tertiary/aromatic N) is 2. The molecule has 90 valence electrons. The third-order valence-electron chi connectivity index (χ3n) is 2.91. The Hall–Kier alpha value is -1.68. The van der Waals surface area contributed by atoms with Crippen LogP contribution in [-0.4, -0.2) is 16.8 Å². The SMILES string of the molecule is CNC(Cn1nccc1C)c1ccccc1F. The number of nitrogens with one attached hydrogen (secondary N) is 1. The third kappa shape index (κ3) is 2.53. The molecule has 17 heavy (non-hydrogen) atoms. The van der Waals surface area contributed by atoms with Crippen LogP contribution in [0.3, 0.4) is 0 Å². The monoisotopic (exact) mass is 233 g/mol. The summed E-state index contributed by atoms with van der Waals surface area (Å²) in [5.74, 6) is -0.184. The van der Waals surface area contributed by atoms with Gasteiger partial charge in [0.15, 0.2) is 0 Å². The molecule has 0 aliphatic heterocycles. The van der Waals surface area contributed by atoms with Gasteiger partial charge in [0.2, 0.25) is 0 Å². The zero-order valence-corrected chi connectivity index (χ0v) is 10.0. The van der Waals surface area contributed by atoms with E-state index in [1.165, 1.54) is 6.07 Å². The van der Waals surface area contributed by atoms with E-state index in [0.29, 0.717) is 12.1 Å². The Balaban J connectivity index is 2.23. The highest BCUT2D eigenvalue weighted by atomic mass is 19.1. The summed E-state index contributed by atoms with van der Waals surface area (Å²) in [4.78, 5) is 0. The van der Waals surface area contributed by atoms with Gasteiger partial charge >= 0.3 is 0 Å². The number of aromatic nitrogens is 2. The van der Waals surface area contributed by atoms with Crippen LogP contribution in [-0.2, 0) is 6.54 Å². The van der Waals surface area contributed by atoms with Crippen molar-refractivity contribution in [3.05, 3.63) is 53.6 Å². The van der Waals surface area contributed by atoms with E-state index >= 15 is 0 Å². The molecule has 0 saturated heterocycles. The Morgan fingerprint density at radius 1 is 1.35 bits per heavy atom. The van der Waals surface area contributed by atoms with Crippen LogP contribution >= 0.6 is 0 Å². The van der Waals surface area contributed by atoms with Crippen LogP contribution in [0.2, 0.25) is 0 Å². The molecule has 1 atom stereocenters. The summed E-state index contributed by atoms with van der Waals surface area (Å²) in [6.07, 6.45) is 1.75. The fraction of sp³-hybridized carbons (Fsp3) is 0.308. The van der Waals surface area contributed by atoms with Crippen molar-refractivity contribution in [2.75, 3.05) is 7.05 Å². The summed E-state index contributed by atoms with van der Waals surface area (Å²) >= 11 is 0. The molecule has 4 heteroatoms. The van der Waals surface area contributed by atoms with Gasteiger partial charge in [0.1, 0.15) is 5.82 Å². The molecule has 1 unspecified atom stereocenters. The lowest BCUT2D eigenvalue weighted by Gasteiger charge is -2.18. The first kappa shape index (κ1) is 11.8. The summed E-state index contributed by atoms with van der Waals surface area (Å²) < 4.78 is 15.6. The van der Waals surface area contributed by atoms with Crippen LogP contribution < -0.4 is 5.32 Å². The van der Waals surface area contributed by atoms with Crippen LogP contribution in [0.15, 0.2) is 36.5 Å². The molecular weight excluding hydrogens is 217 g/mol. The van der Waals surface area contributed by atoms with Crippen LogP contribution in [0, 0.1) is 12.7 Å². The number of halogens is 1. The van der Waals surface area contributed by atoms with Gasteiger partial charge in [-0.15, -0.1) is 0 Å². The lowest BCUT2D eigenvalue weighted by Crippen LogP contribution is -2.24. The highest BCUT2D eigenvalue weighted by Crippen LogP contribution is 2.18. The van der Waals surface area contributed by atoms with Crippen LogP contribution in [0.4, 0.5) is 4.39 Å². The topological polar surface area (TPSA) is 29.9 Å². The molecule has 0 amide bonds. The molecule has 3 nitrogen and oxygen atoms in total. The second-order valence-electron chi connectivity index (χ2n) is 4.02. The molecular formula is C13H16FN3. The summed E-state index contributed by atoms with van der Waals surface area (Å²) in [7, 11) is 1.83. The number of aryl methyl sites for hydroxylation is 1. The van der Waals surface area contributed by atoms with Crippen molar-refractivity contribution in [3.8, 4) is 0 Å². The van der Waals surface area contributed by atoms with E-state index in [0.717, 1.165) is 5.69 Å². The Morgan fingerprint density at radius 3 is 2.71 bits per heavy atom. The van der Waals surface area contributed by atoms with Gasteiger partial charge in [-0.05, 0) is 26.1 Å². The van der Waals surface area contributed by atoms with Gasteiger partial charge < -0.3 is 5.32 Å². The molecule has 0 aliphatic carbocycles. The first-order chi connectivity index (χ1) is 8.22. The average Bonchev–Trinajstić information content (AvgIpc) is 2.73. The summed E-state index contributed by atoms with van der Waals surface area (Å²) in [5.41, 5.74) is 1.74. The predicted octanol–water partition coefficient (Wildman–Crippen LogP) is 2.29. The maximum Gasteiger partial charge on any atom is 0.128 e.